The van der Waals surface area contributed by atoms with Crippen molar-refractivity contribution in [2.75, 3.05) is 11.9 Å². The molecule has 2 amide bonds. The van der Waals surface area contributed by atoms with Gasteiger partial charge in [-0.05, 0) is 30.5 Å². The van der Waals surface area contributed by atoms with Crippen molar-refractivity contribution in [1.82, 2.24) is 0 Å². The third-order valence-corrected chi connectivity index (χ3v) is 3.78. The quantitative estimate of drug-likeness (QED) is 0.683. The van der Waals surface area contributed by atoms with E-state index in [1.54, 1.807) is 0 Å². The maximum Gasteiger partial charge on any atom is 0.447 e. The summed E-state index contributed by atoms with van der Waals surface area (Å²) in [6.07, 6.45) is -7.52. The maximum absolute atomic E-state index is 12.7. The number of nitrogens with two attached hydrogens (primary N) is 1. The number of fused-ring (bicyclic) bond motifs is 1. The lowest BCUT2D eigenvalue weighted by molar-refractivity contribution is -0.358. The molecule has 2 rings (SSSR count). The van der Waals surface area contributed by atoms with Crippen LogP contribution in [0.25, 0.3) is 0 Å². The van der Waals surface area contributed by atoms with Crippen molar-refractivity contribution in [3.8, 4) is 0 Å². The summed E-state index contributed by atoms with van der Waals surface area (Å²) in [7, 11) is 1.36. The van der Waals surface area contributed by atoms with Crippen molar-refractivity contribution >= 4 is 17.7 Å². The number of ether oxygens (including phenoxy) is 1. The fourth-order valence-corrected chi connectivity index (χ4v) is 2.49. The molecule has 0 aromatic heterocycles. The van der Waals surface area contributed by atoms with E-state index in [0.29, 0.717) is 0 Å². The van der Waals surface area contributed by atoms with Crippen LogP contribution in [0, 0.1) is 0 Å². The number of aliphatic hydroxyl groups is 2. The molecule has 0 fully saturated rings. The van der Waals surface area contributed by atoms with Crippen molar-refractivity contribution < 1.29 is 37.7 Å². The lowest BCUT2D eigenvalue weighted by Gasteiger charge is -2.26. The average molecular weight is 348 g/mol. The monoisotopic (exact) mass is 348 g/mol. The number of benzene rings is 1. The fraction of sp³-hybridized carbons (Fsp3) is 0.429. The van der Waals surface area contributed by atoms with Gasteiger partial charge in [-0.1, -0.05) is 6.07 Å². The highest BCUT2D eigenvalue weighted by Gasteiger charge is 2.54. The van der Waals surface area contributed by atoms with Gasteiger partial charge in [0.05, 0.1) is 0 Å². The lowest BCUT2D eigenvalue weighted by atomic mass is 9.98. The highest BCUT2D eigenvalue weighted by molar-refractivity contribution is 5.98. The van der Waals surface area contributed by atoms with Crippen LogP contribution in [0.3, 0.4) is 0 Å². The highest BCUT2D eigenvalue weighted by Crippen LogP contribution is 2.39. The normalized spacial score (nSPS) is 18.8. The zero-order valence-electron chi connectivity index (χ0n) is 12.5. The third-order valence-electron chi connectivity index (χ3n) is 3.78. The summed E-state index contributed by atoms with van der Waals surface area (Å²) in [4.78, 5) is 24.2. The van der Waals surface area contributed by atoms with Gasteiger partial charge in [0.1, 0.15) is 0 Å². The van der Waals surface area contributed by atoms with Gasteiger partial charge in [0.25, 0.3) is 11.7 Å². The molecule has 0 saturated carbocycles. The van der Waals surface area contributed by atoms with Crippen LogP contribution in [0.15, 0.2) is 18.2 Å². The Kier molecular flexibility index (Phi) is 4.46. The smallest absolute Gasteiger partial charge is 0.436 e. The first-order chi connectivity index (χ1) is 10.9. The molecule has 132 valence electrons. The number of likely N-dealkylation sites (N-methyl/N-ethyl adjacent to an activating group) is 1. The van der Waals surface area contributed by atoms with E-state index in [1.807, 2.05) is 0 Å². The molecule has 0 bridgehead atoms. The van der Waals surface area contributed by atoms with Crippen LogP contribution in [0.4, 0.5) is 23.7 Å². The van der Waals surface area contributed by atoms with Crippen molar-refractivity contribution in [1.29, 1.82) is 0 Å². The average Bonchev–Trinajstić information content (AvgIpc) is 2.58. The Labute approximate surface area is 134 Å². The Balaban J connectivity index is 2.41. The zero-order valence-corrected chi connectivity index (χ0v) is 12.5. The van der Waals surface area contributed by atoms with Crippen LogP contribution in [0.1, 0.15) is 17.5 Å². The first-order valence-corrected chi connectivity index (χ1v) is 6.83. The summed E-state index contributed by atoms with van der Waals surface area (Å²) in [5, 5.41) is 18.7. The maximum atomic E-state index is 12.7. The topological polar surface area (TPSA) is 113 Å². The van der Waals surface area contributed by atoms with Crippen LogP contribution in [0.5, 0.6) is 0 Å². The van der Waals surface area contributed by atoms with E-state index < -0.39 is 35.6 Å². The van der Waals surface area contributed by atoms with Crippen molar-refractivity contribution in [2.45, 2.75) is 30.9 Å². The number of rotatable bonds is 2. The van der Waals surface area contributed by atoms with Gasteiger partial charge in [-0.15, -0.1) is 0 Å². The molecule has 7 nitrogen and oxygen atoms in total. The Morgan fingerprint density at radius 3 is 2.54 bits per heavy atom. The molecule has 1 aliphatic rings. The van der Waals surface area contributed by atoms with Gasteiger partial charge in [-0.2, -0.15) is 13.2 Å². The number of nitrogens with zero attached hydrogens (tertiary/aromatic N) is 1. The Bertz CT molecular complexity index is 675. The summed E-state index contributed by atoms with van der Waals surface area (Å²) in [5.41, 5.74) is 4.67. The Morgan fingerprint density at radius 2 is 2.00 bits per heavy atom. The molecular formula is C14H15F3N2O5. The highest BCUT2D eigenvalue weighted by atomic mass is 19.4. The van der Waals surface area contributed by atoms with Gasteiger partial charge in [0.15, 0.2) is 6.10 Å². The van der Waals surface area contributed by atoms with Crippen LogP contribution in [0.2, 0.25) is 0 Å². The molecule has 0 spiro atoms. The van der Waals surface area contributed by atoms with Crippen LogP contribution >= 0.6 is 0 Å². The fourth-order valence-electron chi connectivity index (χ4n) is 2.49. The number of amides is 2. The largest absolute Gasteiger partial charge is 0.447 e. The summed E-state index contributed by atoms with van der Waals surface area (Å²) in [6, 6.07) is 2.99. The molecular weight excluding hydrogens is 333 g/mol. The molecule has 0 aliphatic carbocycles. The van der Waals surface area contributed by atoms with E-state index in [-0.39, 0.29) is 24.1 Å². The Morgan fingerprint density at radius 1 is 1.38 bits per heavy atom. The predicted octanol–water partition coefficient (Wildman–Crippen LogP) is 0.759. The minimum Gasteiger partial charge on any atom is -0.436 e. The van der Waals surface area contributed by atoms with E-state index in [1.165, 1.54) is 13.1 Å². The van der Waals surface area contributed by atoms with Gasteiger partial charge in [0.2, 0.25) is 0 Å². The molecule has 24 heavy (non-hydrogen) atoms. The minimum absolute atomic E-state index is 0.00155. The molecule has 4 N–H and O–H groups in total. The molecule has 1 aromatic carbocycles. The molecule has 1 aliphatic heterocycles. The van der Waals surface area contributed by atoms with E-state index in [0.717, 1.165) is 17.0 Å². The lowest BCUT2D eigenvalue weighted by Crippen LogP contribution is -2.42. The molecule has 0 saturated heterocycles. The number of halogens is 3. The molecule has 1 unspecified atom stereocenters. The molecule has 1 aromatic rings. The van der Waals surface area contributed by atoms with Crippen molar-refractivity contribution in [2.24, 2.45) is 5.73 Å². The van der Waals surface area contributed by atoms with Crippen LogP contribution < -0.4 is 10.6 Å². The van der Waals surface area contributed by atoms with Crippen LogP contribution in [-0.2, 0) is 21.7 Å². The molecule has 10 heteroatoms. The van der Waals surface area contributed by atoms with Gasteiger partial charge < -0.3 is 25.6 Å². The van der Waals surface area contributed by atoms with E-state index >= 15 is 0 Å². The first-order valence-electron chi connectivity index (χ1n) is 6.83. The van der Waals surface area contributed by atoms with Crippen molar-refractivity contribution in [3.63, 3.8) is 0 Å². The number of hydrogen-bond acceptors (Lipinski definition) is 5. The summed E-state index contributed by atoms with van der Waals surface area (Å²) < 4.78 is 42.9. The molecule has 1 heterocycles. The molecule has 0 radical (unpaired) electrons. The second kappa shape index (κ2) is 5.95. The Hall–Kier alpha value is -2.33. The SMILES string of the molecule is CN1C(=O)C(OC(N)=O)CCc2cc(C(O)(O)C(F)(F)F)ccc21. The number of primary amides is 1. The summed E-state index contributed by atoms with van der Waals surface area (Å²) in [5.74, 6) is -4.60. The summed E-state index contributed by atoms with van der Waals surface area (Å²) >= 11 is 0. The molecule has 1 atom stereocenters. The van der Waals surface area contributed by atoms with Crippen LogP contribution in [-0.4, -0.2) is 41.5 Å². The second-order valence-electron chi connectivity index (χ2n) is 5.37. The van der Waals surface area contributed by atoms with Gasteiger partial charge in [0, 0.05) is 18.3 Å². The number of aryl methyl sites for hydroxylation is 1. The third kappa shape index (κ3) is 3.15. The predicted molar refractivity (Wildman–Crippen MR) is 74.8 cm³/mol. The van der Waals surface area contributed by atoms with Gasteiger partial charge >= 0.3 is 12.3 Å². The number of carbonyl (C=O) groups is 2. The minimum atomic E-state index is -5.29. The first kappa shape index (κ1) is 18.0. The van der Waals surface area contributed by atoms with E-state index in [9.17, 15) is 33.0 Å². The van der Waals surface area contributed by atoms with E-state index in [4.69, 9.17) is 10.5 Å². The standard InChI is InChI=1S/C14H15F3N2O5/c1-19-9-4-3-8(13(22,23)14(15,16)17)6-7(9)2-5-10(11(19)20)24-12(18)21/h3-4,6,10,22-23H,2,5H2,1H3,(H2,18,21). The number of alkyl halides is 3. The number of anilines is 1. The van der Waals surface area contributed by atoms with Crippen molar-refractivity contribution in [3.05, 3.63) is 29.3 Å². The number of hydrogen-bond donors (Lipinski definition) is 3. The zero-order chi connectivity index (χ0) is 18.3. The van der Waals surface area contributed by atoms with Gasteiger partial charge in [-0.3, -0.25) is 4.79 Å². The summed E-state index contributed by atoms with van der Waals surface area (Å²) in [6.45, 7) is 0. The van der Waals surface area contributed by atoms with E-state index in [2.05, 4.69) is 0 Å². The van der Waals surface area contributed by atoms with Gasteiger partial charge in [-0.25, -0.2) is 4.79 Å². The number of carbonyl (C=O) groups excluding carboxylic acids is 2. The second-order valence-corrected chi connectivity index (χ2v) is 5.37.